The van der Waals surface area contributed by atoms with Crippen LogP contribution >= 0.6 is 0 Å². The molecule has 2 amide bonds. The summed E-state index contributed by atoms with van der Waals surface area (Å²) in [7, 11) is 0. The zero-order valence-corrected chi connectivity index (χ0v) is 12.4. The maximum atomic E-state index is 12.4. The number of piperidine rings is 1. The predicted octanol–water partition coefficient (Wildman–Crippen LogP) is 2.41. The average molecular weight is 274 g/mol. The van der Waals surface area contributed by atoms with E-state index in [0.29, 0.717) is 19.4 Å². The monoisotopic (exact) mass is 274 g/mol. The van der Waals surface area contributed by atoms with Gasteiger partial charge in [-0.15, -0.1) is 0 Å². The number of rotatable bonds is 3. The Morgan fingerprint density at radius 2 is 2.20 bits per heavy atom. The van der Waals surface area contributed by atoms with Crippen LogP contribution in [0.1, 0.15) is 37.8 Å². The Labute approximate surface area is 119 Å². The van der Waals surface area contributed by atoms with Crippen LogP contribution in [-0.2, 0) is 16.0 Å². The lowest BCUT2D eigenvalue weighted by atomic mass is 9.81. The van der Waals surface area contributed by atoms with Gasteiger partial charge in [-0.05, 0) is 49.9 Å². The highest BCUT2D eigenvalue weighted by atomic mass is 16.2. The molecule has 2 N–H and O–H groups in total. The van der Waals surface area contributed by atoms with Gasteiger partial charge < -0.3 is 10.6 Å². The van der Waals surface area contributed by atoms with Gasteiger partial charge in [0, 0.05) is 18.7 Å². The van der Waals surface area contributed by atoms with E-state index in [1.54, 1.807) is 0 Å². The highest BCUT2D eigenvalue weighted by Crippen LogP contribution is 2.28. The zero-order chi connectivity index (χ0) is 14.8. The largest absolute Gasteiger partial charge is 0.355 e. The topological polar surface area (TPSA) is 58.2 Å². The van der Waals surface area contributed by atoms with Crippen LogP contribution in [0.3, 0.4) is 0 Å². The maximum absolute atomic E-state index is 12.4. The molecule has 20 heavy (non-hydrogen) atoms. The van der Waals surface area contributed by atoms with E-state index in [1.165, 1.54) is 11.1 Å². The van der Waals surface area contributed by atoms with E-state index in [9.17, 15) is 9.59 Å². The van der Waals surface area contributed by atoms with Crippen LogP contribution in [0, 0.1) is 12.3 Å². The van der Waals surface area contributed by atoms with Crippen LogP contribution in [0.25, 0.3) is 0 Å². The van der Waals surface area contributed by atoms with E-state index in [4.69, 9.17) is 0 Å². The predicted molar refractivity (Wildman–Crippen MR) is 79.5 cm³/mol. The molecular formula is C16H22N2O2. The normalized spacial score (nSPS) is 22.2. The Kier molecular flexibility index (Phi) is 4.12. The van der Waals surface area contributed by atoms with E-state index in [2.05, 4.69) is 24.5 Å². The van der Waals surface area contributed by atoms with Crippen molar-refractivity contribution in [3.63, 3.8) is 0 Å². The molecule has 1 atom stereocenters. The summed E-state index contributed by atoms with van der Waals surface area (Å²) in [6.07, 6.45) is 1.96. The maximum Gasteiger partial charge on any atom is 0.232 e. The molecule has 4 nitrogen and oxygen atoms in total. The summed E-state index contributed by atoms with van der Waals surface area (Å²) >= 11 is 0. The Hall–Kier alpha value is -1.84. The number of amides is 2. The van der Waals surface area contributed by atoms with Crippen LogP contribution < -0.4 is 10.6 Å². The number of nitrogens with one attached hydrogen (secondary N) is 2. The Morgan fingerprint density at radius 3 is 2.80 bits per heavy atom. The number of carbonyl (C=O) groups is 2. The third kappa shape index (κ3) is 3.00. The van der Waals surface area contributed by atoms with Gasteiger partial charge in [0.15, 0.2) is 0 Å². The fourth-order valence-electron chi connectivity index (χ4n) is 2.47. The average Bonchev–Trinajstić information content (AvgIpc) is 2.44. The van der Waals surface area contributed by atoms with Crippen LogP contribution in [-0.4, -0.2) is 18.4 Å². The van der Waals surface area contributed by atoms with Crippen molar-refractivity contribution in [2.75, 3.05) is 11.9 Å². The molecule has 1 unspecified atom stereocenters. The molecule has 0 aliphatic carbocycles. The van der Waals surface area contributed by atoms with Gasteiger partial charge >= 0.3 is 0 Å². The molecule has 2 rings (SSSR count). The van der Waals surface area contributed by atoms with Crippen molar-refractivity contribution in [3.8, 4) is 0 Å². The highest BCUT2D eigenvalue weighted by molar-refractivity contribution is 5.96. The highest BCUT2D eigenvalue weighted by Gasteiger charge is 2.37. The molecule has 1 aliphatic rings. The molecule has 0 bridgehead atoms. The molecule has 4 heteroatoms. The number of carbonyl (C=O) groups excluding carboxylic acids is 2. The molecule has 1 fully saturated rings. The van der Waals surface area contributed by atoms with E-state index < -0.39 is 5.41 Å². The first kappa shape index (κ1) is 14.6. The van der Waals surface area contributed by atoms with Crippen molar-refractivity contribution in [2.24, 2.45) is 5.41 Å². The van der Waals surface area contributed by atoms with E-state index in [0.717, 1.165) is 12.1 Å². The molecule has 0 aromatic heterocycles. The zero-order valence-electron chi connectivity index (χ0n) is 12.4. The van der Waals surface area contributed by atoms with Crippen molar-refractivity contribution >= 4 is 17.5 Å². The molecule has 0 saturated carbocycles. The molecule has 1 aliphatic heterocycles. The second-order valence-electron chi connectivity index (χ2n) is 5.79. The Morgan fingerprint density at radius 1 is 1.45 bits per heavy atom. The van der Waals surface area contributed by atoms with Crippen molar-refractivity contribution in [1.82, 2.24) is 5.32 Å². The van der Waals surface area contributed by atoms with Crippen LogP contribution in [0.15, 0.2) is 18.2 Å². The lowest BCUT2D eigenvalue weighted by Crippen LogP contribution is -2.48. The summed E-state index contributed by atoms with van der Waals surface area (Å²) < 4.78 is 0. The van der Waals surface area contributed by atoms with Crippen LogP contribution in [0.5, 0.6) is 0 Å². The van der Waals surface area contributed by atoms with Gasteiger partial charge in [-0.1, -0.05) is 13.0 Å². The SMILES string of the molecule is CCc1cc(NC(=O)C2(C)CCC(=O)NC2)ccc1C. The Bertz CT molecular complexity index is 527. The summed E-state index contributed by atoms with van der Waals surface area (Å²) in [6.45, 7) is 6.48. The van der Waals surface area contributed by atoms with Gasteiger partial charge in [0.2, 0.25) is 11.8 Å². The Balaban J connectivity index is 2.09. The summed E-state index contributed by atoms with van der Waals surface area (Å²) in [4.78, 5) is 23.6. The molecule has 0 radical (unpaired) electrons. The molecule has 1 aromatic carbocycles. The van der Waals surface area contributed by atoms with E-state index in [1.807, 2.05) is 25.1 Å². The minimum absolute atomic E-state index is 0.0246. The fraction of sp³-hybridized carbons (Fsp3) is 0.500. The summed E-state index contributed by atoms with van der Waals surface area (Å²) in [6, 6.07) is 5.98. The number of aryl methyl sites for hydroxylation is 2. The number of benzene rings is 1. The first-order valence-electron chi connectivity index (χ1n) is 7.12. The fourth-order valence-corrected chi connectivity index (χ4v) is 2.47. The number of hydrogen-bond donors (Lipinski definition) is 2. The van der Waals surface area contributed by atoms with Gasteiger partial charge in [0.1, 0.15) is 0 Å². The number of hydrogen-bond acceptors (Lipinski definition) is 2. The second kappa shape index (κ2) is 5.65. The smallest absolute Gasteiger partial charge is 0.232 e. The number of anilines is 1. The molecule has 1 aromatic rings. The minimum atomic E-state index is -0.523. The van der Waals surface area contributed by atoms with Crippen LogP contribution in [0.2, 0.25) is 0 Å². The van der Waals surface area contributed by atoms with Crippen LogP contribution in [0.4, 0.5) is 5.69 Å². The van der Waals surface area contributed by atoms with Gasteiger partial charge in [-0.25, -0.2) is 0 Å². The summed E-state index contributed by atoms with van der Waals surface area (Å²) in [5.41, 5.74) is 2.78. The third-order valence-corrected chi connectivity index (χ3v) is 4.12. The minimum Gasteiger partial charge on any atom is -0.355 e. The molecule has 1 saturated heterocycles. The van der Waals surface area contributed by atoms with Gasteiger partial charge in [0.05, 0.1) is 5.41 Å². The van der Waals surface area contributed by atoms with Gasteiger partial charge in [-0.3, -0.25) is 9.59 Å². The molecule has 0 spiro atoms. The summed E-state index contributed by atoms with van der Waals surface area (Å²) in [5.74, 6) is 0.00212. The third-order valence-electron chi connectivity index (χ3n) is 4.12. The quantitative estimate of drug-likeness (QED) is 0.889. The van der Waals surface area contributed by atoms with Crippen molar-refractivity contribution in [1.29, 1.82) is 0 Å². The standard InChI is InChI=1S/C16H22N2O2/c1-4-12-9-13(6-5-11(12)2)18-15(20)16(3)8-7-14(19)17-10-16/h5-6,9H,4,7-8,10H2,1-3H3,(H,17,19)(H,18,20). The molecule has 108 valence electrons. The second-order valence-corrected chi connectivity index (χ2v) is 5.79. The van der Waals surface area contributed by atoms with Crippen molar-refractivity contribution < 1.29 is 9.59 Å². The molecular weight excluding hydrogens is 252 g/mol. The lowest BCUT2D eigenvalue weighted by Gasteiger charge is -2.32. The van der Waals surface area contributed by atoms with Crippen molar-refractivity contribution in [2.45, 2.75) is 40.0 Å². The molecule has 1 heterocycles. The first-order chi connectivity index (χ1) is 9.44. The lowest BCUT2D eigenvalue weighted by molar-refractivity contribution is -0.130. The van der Waals surface area contributed by atoms with E-state index in [-0.39, 0.29) is 11.8 Å². The van der Waals surface area contributed by atoms with E-state index >= 15 is 0 Å². The van der Waals surface area contributed by atoms with Gasteiger partial charge in [-0.2, -0.15) is 0 Å². The van der Waals surface area contributed by atoms with Gasteiger partial charge in [0.25, 0.3) is 0 Å². The van der Waals surface area contributed by atoms with Crippen molar-refractivity contribution in [3.05, 3.63) is 29.3 Å². The first-order valence-corrected chi connectivity index (χ1v) is 7.12. The summed E-state index contributed by atoms with van der Waals surface area (Å²) in [5, 5.41) is 5.75.